The van der Waals surface area contributed by atoms with Crippen molar-refractivity contribution in [2.24, 2.45) is 0 Å². The van der Waals surface area contributed by atoms with Crippen LogP contribution in [-0.2, 0) is 6.54 Å². The molecule has 1 aliphatic heterocycles. The predicted octanol–water partition coefficient (Wildman–Crippen LogP) is 2.20. The maximum absolute atomic E-state index is 13.8. The van der Waals surface area contributed by atoms with Crippen LogP contribution in [0.5, 0.6) is 0 Å². The van der Waals surface area contributed by atoms with Crippen molar-refractivity contribution in [3.05, 3.63) is 53.7 Å². The Morgan fingerprint density at radius 3 is 2.96 bits per heavy atom. The van der Waals surface area contributed by atoms with E-state index >= 15 is 0 Å². The third kappa shape index (κ3) is 3.30. The number of rotatable bonds is 3. The van der Waals surface area contributed by atoms with Crippen molar-refractivity contribution in [2.45, 2.75) is 19.5 Å². The van der Waals surface area contributed by atoms with Gasteiger partial charge in [-0.3, -0.25) is 9.88 Å². The minimum atomic E-state index is -0.265. The lowest BCUT2D eigenvalue weighted by Gasteiger charge is -2.40. The Morgan fingerprint density at radius 2 is 2.22 bits per heavy atom. The van der Waals surface area contributed by atoms with Gasteiger partial charge in [-0.2, -0.15) is 5.26 Å². The number of piperazine rings is 1. The second-order valence-corrected chi connectivity index (χ2v) is 5.72. The summed E-state index contributed by atoms with van der Waals surface area (Å²) in [6, 6.07) is 7.71. The normalized spacial score (nSPS) is 18.7. The molecule has 0 bridgehead atoms. The van der Waals surface area contributed by atoms with E-state index in [1.54, 1.807) is 30.6 Å². The van der Waals surface area contributed by atoms with Crippen LogP contribution in [0, 0.1) is 17.1 Å². The van der Waals surface area contributed by atoms with Crippen molar-refractivity contribution in [3.63, 3.8) is 0 Å². The van der Waals surface area contributed by atoms with Crippen molar-refractivity contribution >= 4 is 5.82 Å². The van der Waals surface area contributed by atoms with Gasteiger partial charge >= 0.3 is 0 Å². The number of anilines is 1. The van der Waals surface area contributed by atoms with Crippen LogP contribution in [0.25, 0.3) is 0 Å². The predicted molar refractivity (Wildman–Crippen MR) is 85.2 cm³/mol. The van der Waals surface area contributed by atoms with E-state index in [9.17, 15) is 9.65 Å². The van der Waals surface area contributed by atoms with Crippen molar-refractivity contribution in [1.82, 2.24) is 14.9 Å². The largest absolute Gasteiger partial charge is 0.353 e. The molecule has 1 aliphatic rings. The van der Waals surface area contributed by atoms with Gasteiger partial charge in [0.05, 0.1) is 11.8 Å². The van der Waals surface area contributed by atoms with E-state index in [1.807, 2.05) is 0 Å². The monoisotopic (exact) mass is 311 g/mol. The van der Waals surface area contributed by atoms with E-state index in [1.165, 1.54) is 6.20 Å². The summed E-state index contributed by atoms with van der Waals surface area (Å²) in [5, 5.41) is 9.22. The van der Waals surface area contributed by atoms with Crippen LogP contribution in [0.3, 0.4) is 0 Å². The smallest absolute Gasteiger partial charge is 0.146 e. The maximum atomic E-state index is 13.8. The number of pyridine rings is 2. The van der Waals surface area contributed by atoms with E-state index < -0.39 is 0 Å². The van der Waals surface area contributed by atoms with Crippen LogP contribution >= 0.6 is 0 Å². The van der Waals surface area contributed by atoms with Crippen LogP contribution in [0.15, 0.2) is 36.8 Å². The fraction of sp³-hybridized carbons (Fsp3) is 0.353. The molecule has 2 aromatic heterocycles. The molecule has 0 saturated carbocycles. The second-order valence-electron chi connectivity index (χ2n) is 5.72. The van der Waals surface area contributed by atoms with Gasteiger partial charge in [-0.15, -0.1) is 0 Å². The molecule has 0 aromatic carbocycles. The lowest BCUT2D eigenvalue weighted by Crippen LogP contribution is -2.52. The van der Waals surface area contributed by atoms with Gasteiger partial charge in [0.2, 0.25) is 0 Å². The summed E-state index contributed by atoms with van der Waals surface area (Å²) in [4.78, 5) is 12.5. The summed E-state index contributed by atoms with van der Waals surface area (Å²) in [6.07, 6.45) is 4.58. The average molecular weight is 311 g/mol. The molecule has 5 nitrogen and oxygen atoms in total. The van der Waals surface area contributed by atoms with E-state index in [2.05, 4.69) is 32.8 Å². The van der Waals surface area contributed by atoms with Crippen molar-refractivity contribution < 1.29 is 4.39 Å². The molecule has 1 atom stereocenters. The summed E-state index contributed by atoms with van der Waals surface area (Å²) in [5.41, 5.74) is 1.25. The lowest BCUT2D eigenvalue weighted by atomic mass is 10.1. The number of hydrogen-bond acceptors (Lipinski definition) is 5. The van der Waals surface area contributed by atoms with E-state index in [0.717, 1.165) is 25.5 Å². The zero-order valence-electron chi connectivity index (χ0n) is 13.0. The molecule has 0 radical (unpaired) electrons. The third-order valence-corrected chi connectivity index (χ3v) is 4.20. The van der Waals surface area contributed by atoms with Crippen molar-refractivity contribution in [1.29, 1.82) is 5.26 Å². The van der Waals surface area contributed by atoms with Crippen LogP contribution in [0.2, 0.25) is 0 Å². The number of aromatic nitrogens is 2. The molecular weight excluding hydrogens is 293 g/mol. The molecule has 0 N–H and O–H groups in total. The van der Waals surface area contributed by atoms with Gasteiger partial charge in [0, 0.05) is 50.2 Å². The van der Waals surface area contributed by atoms with Gasteiger partial charge in [-0.25, -0.2) is 9.37 Å². The van der Waals surface area contributed by atoms with E-state index in [4.69, 9.17) is 0 Å². The lowest BCUT2D eigenvalue weighted by molar-refractivity contribution is 0.178. The van der Waals surface area contributed by atoms with Crippen molar-refractivity contribution in [3.8, 4) is 6.07 Å². The summed E-state index contributed by atoms with van der Waals surface area (Å²) >= 11 is 0. The van der Waals surface area contributed by atoms with E-state index in [-0.39, 0.29) is 11.9 Å². The highest BCUT2D eigenvalue weighted by Gasteiger charge is 2.26. The topological polar surface area (TPSA) is 56.1 Å². The van der Waals surface area contributed by atoms with Crippen LogP contribution in [0.4, 0.5) is 10.2 Å². The number of nitrogens with zero attached hydrogens (tertiary/aromatic N) is 5. The molecule has 6 heteroatoms. The number of hydrogen-bond donors (Lipinski definition) is 0. The summed E-state index contributed by atoms with van der Waals surface area (Å²) in [7, 11) is 0. The molecule has 2 aromatic rings. The van der Waals surface area contributed by atoms with Crippen LogP contribution in [-0.4, -0.2) is 40.5 Å². The van der Waals surface area contributed by atoms with Crippen LogP contribution < -0.4 is 4.90 Å². The van der Waals surface area contributed by atoms with Gasteiger partial charge in [-0.05, 0) is 25.1 Å². The first-order valence-corrected chi connectivity index (χ1v) is 7.61. The standard InChI is InChI=1S/C17H18FN5/c1-13-11-23(17-14(9-19)3-2-5-21-17)8-7-22(13)12-15-4-6-20-10-16(15)18/h2-6,10,13H,7-8,11-12H2,1H3. The molecule has 0 amide bonds. The Bertz CT molecular complexity index is 727. The van der Waals surface area contributed by atoms with Gasteiger partial charge in [0.15, 0.2) is 0 Å². The Balaban J connectivity index is 1.70. The first kappa shape index (κ1) is 15.4. The molecular formula is C17H18FN5. The molecule has 0 aliphatic carbocycles. The SMILES string of the molecule is CC1CN(c2ncccc2C#N)CCN1Cc1ccncc1F. The van der Waals surface area contributed by atoms with Gasteiger partial charge in [-0.1, -0.05) is 0 Å². The minimum Gasteiger partial charge on any atom is -0.353 e. The maximum Gasteiger partial charge on any atom is 0.146 e. The first-order chi connectivity index (χ1) is 11.2. The fourth-order valence-corrected chi connectivity index (χ4v) is 2.91. The molecule has 1 saturated heterocycles. The molecule has 3 rings (SSSR count). The highest BCUT2D eigenvalue weighted by molar-refractivity contribution is 5.53. The Hall–Kier alpha value is -2.52. The minimum absolute atomic E-state index is 0.241. The summed E-state index contributed by atoms with van der Waals surface area (Å²) in [5.74, 6) is 0.468. The van der Waals surface area contributed by atoms with Gasteiger partial charge in [0.1, 0.15) is 17.7 Å². The summed E-state index contributed by atoms with van der Waals surface area (Å²) in [6.45, 7) is 5.00. The van der Waals surface area contributed by atoms with Crippen molar-refractivity contribution in [2.75, 3.05) is 24.5 Å². The van der Waals surface area contributed by atoms with Gasteiger partial charge in [0.25, 0.3) is 0 Å². The molecule has 23 heavy (non-hydrogen) atoms. The summed E-state index contributed by atoms with van der Waals surface area (Å²) < 4.78 is 13.8. The Labute approximate surface area is 135 Å². The molecule has 118 valence electrons. The molecule has 3 heterocycles. The average Bonchev–Trinajstić information content (AvgIpc) is 2.58. The zero-order valence-corrected chi connectivity index (χ0v) is 13.0. The van der Waals surface area contributed by atoms with E-state index in [0.29, 0.717) is 17.7 Å². The highest BCUT2D eigenvalue weighted by atomic mass is 19.1. The molecule has 0 spiro atoms. The molecule has 1 fully saturated rings. The highest BCUT2D eigenvalue weighted by Crippen LogP contribution is 2.22. The number of halogens is 1. The fourth-order valence-electron chi connectivity index (χ4n) is 2.91. The first-order valence-electron chi connectivity index (χ1n) is 7.61. The number of nitriles is 1. The zero-order chi connectivity index (χ0) is 16.2. The molecule has 1 unspecified atom stereocenters. The Kier molecular flexibility index (Phi) is 4.49. The Morgan fingerprint density at radius 1 is 1.35 bits per heavy atom. The third-order valence-electron chi connectivity index (χ3n) is 4.20. The quantitative estimate of drug-likeness (QED) is 0.870. The second kappa shape index (κ2) is 6.71. The van der Waals surface area contributed by atoms with Gasteiger partial charge < -0.3 is 4.90 Å². The van der Waals surface area contributed by atoms with Crippen LogP contribution in [0.1, 0.15) is 18.1 Å².